The van der Waals surface area contributed by atoms with Crippen LogP contribution in [0, 0.1) is 5.82 Å². The maximum atomic E-state index is 13.4. The average molecular weight is 340 g/mol. The van der Waals surface area contributed by atoms with Gasteiger partial charge in [0, 0.05) is 17.8 Å². The van der Waals surface area contributed by atoms with Crippen molar-refractivity contribution in [3.8, 4) is 11.6 Å². The number of rotatable bonds is 5. The Balaban J connectivity index is 2.27. The molecule has 0 fully saturated rings. The number of ether oxygens (including phenoxy) is 1. The summed E-state index contributed by atoms with van der Waals surface area (Å²) in [5.74, 6) is 0.340. The Hall–Kier alpha value is -1.46. The molecule has 0 radical (unpaired) electrons. The van der Waals surface area contributed by atoms with Crippen LogP contribution in [0.5, 0.6) is 11.6 Å². The first kappa shape index (κ1) is 14.9. The molecule has 1 N–H and O–H groups in total. The Morgan fingerprint density at radius 2 is 2.10 bits per heavy atom. The molecule has 3 nitrogen and oxygen atoms in total. The monoisotopic (exact) mass is 339 g/mol. The first-order valence-corrected chi connectivity index (χ1v) is 7.15. The summed E-state index contributed by atoms with van der Waals surface area (Å²) in [5.41, 5.74) is 1.59. The van der Waals surface area contributed by atoms with Crippen LogP contribution in [-0.4, -0.2) is 10.1 Å². The van der Waals surface area contributed by atoms with Crippen molar-refractivity contribution in [1.29, 1.82) is 0 Å². The van der Waals surface area contributed by atoms with Gasteiger partial charge in [-0.2, -0.15) is 0 Å². The van der Waals surface area contributed by atoms with Gasteiger partial charge in [0.05, 0.1) is 11.1 Å². The third kappa shape index (κ3) is 3.77. The van der Waals surface area contributed by atoms with E-state index in [1.165, 1.54) is 6.07 Å². The number of aliphatic hydroxyl groups is 1. The van der Waals surface area contributed by atoms with Crippen molar-refractivity contribution in [1.82, 2.24) is 4.98 Å². The van der Waals surface area contributed by atoms with Gasteiger partial charge in [-0.1, -0.05) is 13.3 Å². The van der Waals surface area contributed by atoms with Crippen LogP contribution in [0.15, 0.2) is 34.8 Å². The molecule has 0 aliphatic heterocycles. The zero-order valence-corrected chi connectivity index (χ0v) is 12.7. The van der Waals surface area contributed by atoms with Crippen molar-refractivity contribution in [2.75, 3.05) is 0 Å². The van der Waals surface area contributed by atoms with E-state index in [2.05, 4.69) is 27.8 Å². The SMILES string of the molecule is CCCc1cc(CO)cc(Oc2ccc(Br)c(F)c2)n1. The van der Waals surface area contributed by atoms with Gasteiger partial charge in [-0.3, -0.25) is 0 Å². The lowest BCUT2D eigenvalue weighted by Crippen LogP contribution is -1.97. The van der Waals surface area contributed by atoms with Crippen LogP contribution in [0.3, 0.4) is 0 Å². The summed E-state index contributed by atoms with van der Waals surface area (Å²) in [5, 5.41) is 9.25. The fourth-order valence-electron chi connectivity index (χ4n) is 1.81. The van der Waals surface area contributed by atoms with Crippen molar-refractivity contribution >= 4 is 15.9 Å². The predicted octanol–water partition coefficient (Wildman–Crippen LogP) is 4.22. The number of aryl methyl sites for hydroxylation is 1. The Bertz CT molecular complexity index is 604. The second-order valence-electron chi connectivity index (χ2n) is 4.39. The fourth-order valence-corrected chi connectivity index (χ4v) is 2.06. The highest BCUT2D eigenvalue weighted by molar-refractivity contribution is 9.10. The third-order valence-electron chi connectivity index (χ3n) is 2.72. The molecule has 0 atom stereocenters. The molecule has 2 aromatic rings. The number of benzene rings is 1. The van der Waals surface area contributed by atoms with Gasteiger partial charge in [-0.05, 0) is 46.1 Å². The minimum atomic E-state index is -0.394. The van der Waals surface area contributed by atoms with Crippen molar-refractivity contribution in [2.24, 2.45) is 0 Å². The van der Waals surface area contributed by atoms with E-state index in [9.17, 15) is 9.50 Å². The smallest absolute Gasteiger partial charge is 0.219 e. The van der Waals surface area contributed by atoms with E-state index in [0.717, 1.165) is 24.1 Å². The predicted molar refractivity (Wildman–Crippen MR) is 78.3 cm³/mol. The van der Waals surface area contributed by atoms with E-state index >= 15 is 0 Å². The zero-order valence-electron chi connectivity index (χ0n) is 11.1. The summed E-state index contributed by atoms with van der Waals surface area (Å²) in [4.78, 5) is 4.35. The molecule has 106 valence electrons. The molecule has 20 heavy (non-hydrogen) atoms. The zero-order chi connectivity index (χ0) is 14.5. The topological polar surface area (TPSA) is 42.4 Å². The molecule has 0 bridgehead atoms. The molecule has 1 aromatic carbocycles. The molecule has 0 aliphatic carbocycles. The van der Waals surface area contributed by atoms with E-state index in [4.69, 9.17) is 4.74 Å². The lowest BCUT2D eigenvalue weighted by atomic mass is 10.2. The Kier molecular flexibility index (Phi) is 5.09. The first-order valence-electron chi connectivity index (χ1n) is 6.36. The normalized spacial score (nSPS) is 10.6. The lowest BCUT2D eigenvalue weighted by molar-refractivity contribution is 0.280. The molecule has 0 unspecified atom stereocenters. The molecule has 0 spiro atoms. The van der Waals surface area contributed by atoms with Gasteiger partial charge in [0.25, 0.3) is 0 Å². The number of aromatic nitrogens is 1. The van der Waals surface area contributed by atoms with Gasteiger partial charge in [0.1, 0.15) is 11.6 Å². The van der Waals surface area contributed by atoms with Crippen LogP contribution >= 0.6 is 15.9 Å². The van der Waals surface area contributed by atoms with Crippen molar-refractivity contribution in [3.63, 3.8) is 0 Å². The van der Waals surface area contributed by atoms with Crippen LogP contribution in [0.25, 0.3) is 0 Å². The van der Waals surface area contributed by atoms with E-state index in [1.54, 1.807) is 18.2 Å². The molecule has 0 amide bonds. The van der Waals surface area contributed by atoms with E-state index in [-0.39, 0.29) is 6.61 Å². The second-order valence-corrected chi connectivity index (χ2v) is 5.25. The van der Waals surface area contributed by atoms with Crippen molar-refractivity contribution in [3.05, 3.63) is 51.9 Å². The summed E-state index contributed by atoms with van der Waals surface area (Å²) < 4.78 is 19.4. The Labute approximate surface area is 125 Å². The number of aliphatic hydroxyl groups excluding tert-OH is 1. The molecule has 0 saturated carbocycles. The van der Waals surface area contributed by atoms with E-state index in [1.807, 2.05) is 6.07 Å². The van der Waals surface area contributed by atoms with Crippen LogP contribution in [0.4, 0.5) is 4.39 Å². The van der Waals surface area contributed by atoms with Crippen molar-refractivity contribution in [2.45, 2.75) is 26.4 Å². The summed E-state index contributed by atoms with van der Waals surface area (Å²) in [6, 6.07) is 8.02. The van der Waals surface area contributed by atoms with Gasteiger partial charge < -0.3 is 9.84 Å². The number of hydrogen-bond donors (Lipinski definition) is 1. The molecule has 5 heteroatoms. The van der Waals surface area contributed by atoms with E-state index < -0.39 is 5.82 Å². The highest BCUT2D eigenvalue weighted by Gasteiger charge is 2.07. The van der Waals surface area contributed by atoms with Gasteiger partial charge in [-0.25, -0.2) is 9.37 Å². The van der Waals surface area contributed by atoms with Crippen LogP contribution < -0.4 is 4.74 Å². The molecular formula is C15H15BrFNO2. The first-order chi connectivity index (χ1) is 9.62. The van der Waals surface area contributed by atoms with Gasteiger partial charge in [-0.15, -0.1) is 0 Å². The fraction of sp³-hybridized carbons (Fsp3) is 0.267. The molecule has 2 rings (SSSR count). The largest absolute Gasteiger partial charge is 0.439 e. The minimum absolute atomic E-state index is 0.0791. The Morgan fingerprint density at radius 1 is 1.30 bits per heavy atom. The molecule has 0 aliphatic rings. The number of nitrogens with zero attached hydrogens (tertiary/aromatic N) is 1. The maximum absolute atomic E-state index is 13.4. The molecule has 1 aromatic heterocycles. The number of halogens is 2. The van der Waals surface area contributed by atoms with Gasteiger partial charge in [0.15, 0.2) is 0 Å². The Morgan fingerprint density at radius 3 is 2.75 bits per heavy atom. The summed E-state index contributed by atoms with van der Waals surface area (Å²) in [7, 11) is 0. The quantitative estimate of drug-likeness (QED) is 0.886. The highest BCUT2D eigenvalue weighted by Crippen LogP contribution is 2.25. The summed E-state index contributed by atoms with van der Waals surface area (Å²) in [6.45, 7) is 1.97. The second kappa shape index (κ2) is 6.81. The number of hydrogen-bond acceptors (Lipinski definition) is 3. The van der Waals surface area contributed by atoms with Crippen LogP contribution in [-0.2, 0) is 13.0 Å². The number of pyridine rings is 1. The van der Waals surface area contributed by atoms with Crippen molar-refractivity contribution < 1.29 is 14.2 Å². The van der Waals surface area contributed by atoms with Crippen LogP contribution in [0.2, 0.25) is 0 Å². The highest BCUT2D eigenvalue weighted by atomic mass is 79.9. The average Bonchev–Trinajstić information content (AvgIpc) is 2.43. The summed E-state index contributed by atoms with van der Waals surface area (Å²) >= 11 is 3.09. The lowest BCUT2D eigenvalue weighted by Gasteiger charge is -2.09. The summed E-state index contributed by atoms with van der Waals surface area (Å²) in [6.07, 6.45) is 1.76. The molecular weight excluding hydrogens is 325 g/mol. The third-order valence-corrected chi connectivity index (χ3v) is 3.36. The van der Waals surface area contributed by atoms with Crippen LogP contribution in [0.1, 0.15) is 24.6 Å². The van der Waals surface area contributed by atoms with Gasteiger partial charge in [0.2, 0.25) is 5.88 Å². The maximum Gasteiger partial charge on any atom is 0.219 e. The van der Waals surface area contributed by atoms with Gasteiger partial charge >= 0.3 is 0 Å². The molecule has 0 saturated heterocycles. The standard InChI is InChI=1S/C15H15BrFNO2/c1-2-3-11-6-10(9-19)7-15(18-11)20-12-4-5-13(16)14(17)8-12/h4-8,19H,2-3,9H2,1H3. The molecule has 1 heterocycles. The minimum Gasteiger partial charge on any atom is -0.439 e. The van der Waals surface area contributed by atoms with E-state index in [0.29, 0.717) is 16.1 Å².